The normalized spacial score (nSPS) is 30.5. The van der Waals surface area contributed by atoms with E-state index in [1.54, 1.807) is 39.0 Å². The number of aryl methyl sites for hydroxylation is 1. The van der Waals surface area contributed by atoms with Gasteiger partial charge in [-0.25, -0.2) is 10.1 Å². The molecule has 1 aromatic heterocycles. The fourth-order valence-corrected chi connectivity index (χ4v) is 7.37. The molecule has 242 valence electrons. The Hall–Kier alpha value is -2.18. The van der Waals surface area contributed by atoms with Crippen molar-refractivity contribution < 1.29 is 36.3 Å². The predicted octanol–water partition coefficient (Wildman–Crippen LogP) is 3.04. The van der Waals surface area contributed by atoms with Crippen LogP contribution in [0.25, 0.3) is 0 Å². The molecule has 5 aliphatic rings. The standard InChI is InChI=1S/C17H20N4S.C12H21NO8S/c1-12-11-13-16(21-9-7-20(2)8-10-21)18-14-5-3-4-6-15(14)19-17(13)22-12;1-10(2)18-7-5-16-12(6-17-22(13,14)15)9(8(7)19-10)20-11(3,4)21-12/h3-6,11,19H,7-10H2,1-2H3;7-9H,5-6H2,1-4H3,(H2,13,14,15)/t;7-,8-,9+,12+/m.1/s1. The summed E-state index contributed by atoms with van der Waals surface area (Å²) in [6.07, 6.45) is -1.50. The summed E-state index contributed by atoms with van der Waals surface area (Å²) in [5.41, 5.74) is 3.36. The molecule has 6 heterocycles. The summed E-state index contributed by atoms with van der Waals surface area (Å²) in [6, 6.07) is 10.6. The zero-order chi connectivity index (χ0) is 31.5. The van der Waals surface area contributed by atoms with E-state index < -0.39 is 46.5 Å². The Labute approximate surface area is 262 Å². The number of piperazine rings is 1. The molecule has 5 aliphatic heterocycles. The van der Waals surface area contributed by atoms with E-state index in [-0.39, 0.29) is 12.7 Å². The summed E-state index contributed by atoms with van der Waals surface area (Å²) in [5, 5.41) is 9.67. The number of benzene rings is 1. The Bertz CT molecular complexity index is 1520. The van der Waals surface area contributed by atoms with E-state index in [0.717, 1.165) is 43.4 Å². The molecule has 0 amide bonds. The second kappa shape index (κ2) is 11.6. The van der Waals surface area contributed by atoms with Gasteiger partial charge in [0.15, 0.2) is 11.6 Å². The van der Waals surface area contributed by atoms with Crippen molar-refractivity contribution >= 4 is 43.9 Å². The van der Waals surface area contributed by atoms with Crippen LogP contribution in [0.4, 0.5) is 16.4 Å². The number of para-hydroxylation sites is 2. The van der Waals surface area contributed by atoms with E-state index in [9.17, 15) is 8.42 Å². The first-order valence-electron chi connectivity index (χ1n) is 14.7. The second-order valence-corrected chi connectivity index (χ2v) is 15.0. The number of rotatable bonds is 3. The second-order valence-electron chi connectivity index (χ2n) is 12.5. The highest BCUT2D eigenvalue weighted by atomic mass is 32.2. The Morgan fingerprint density at radius 1 is 1.09 bits per heavy atom. The third-order valence-electron chi connectivity index (χ3n) is 7.98. The van der Waals surface area contributed by atoms with Crippen molar-refractivity contribution in [1.82, 2.24) is 9.80 Å². The highest BCUT2D eigenvalue weighted by molar-refractivity contribution is 7.84. The lowest BCUT2D eigenvalue weighted by Crippen LogP contribution is -2.60. The van der Waals surface area contributed by atoms with Gasteiger partial charge >= 0.3 is 10.3 Å². The number of thiophene rings is 1. The van der Waals surface area contributed by atoms with Crippen LogP contribution in [0.1, 0.15) is 38.1 Å². The maximum Gasteiger partial charge on any atom is 0.333 e. The Morgan fingerprint density at radius 2 is 1.82 bits per heavy atom. The van der Waals surface area contributed by atoms with Crippen LogP contribution >= 0.6 is 11.3 Å². The van der Waals surface area contributed by atoms with Gasteiger partial charge in [0.05, 0.1) is 23.5 Å². The monoisotopic (exact) mass is 651 g/mol. The number of ether oxygens (including phenoxy) is 5. The van der Waals surface area contributed by atoms with Gasteiger partial charge in [-0.1, -0.05) is 12.1 Å². The number of nitrogens with two attached hydrogens (primary N) is 1. The average molecular weight is 652 g/mol. The van der Waals surface area contributed by atoms with Crippen molar-refractivity contribution in [3.63, 3.8) is 0 Å². The minimum Gasteiger partial charge on any atom is -0.353 e. The molecule has 4 atom stereocenters. The summed E-state index contributed by atoms with van der Waals surface area (Å²) in [4.78, 5) is 11.1. The SMILES string of the molecule is CC1(C)O[C@@H]2[C@@H](CO[C@@]3(COS(N)(=O)=O)OC(C)(C)O[C@@H]23)O1.Cc1cc2c(s1)Nc1ccccc1N=C2N1CCN(C)CC1. The minimum atomic E-state index is -4.14. The zero-order valence-electron chi connectivity index (χ0n) is 25.9. The maximum atomic E-state index is 11.1. The van der Waals surface area contributed by atoms with E-state index in [1.807, 2.05) is 0 Å². The molecule has 44 heavy (non-hydrogen) atoms. The first-order valence-corrected chi connectivity index (χ1v) is 16.9. The Kier molecular flexibility index (Phi) is 8.35. The summed E-state index contributed by atoms with van der Waals surface area (Å²) >= 11 is 1.81. The largest absolute Gasteiger partial charge is 0.353 e. The molecule has 1 aromatic carbocycles. The van der Waals surface area contributed by atoms with Crippen molar-refractivity contribution in [3.8, 4) is 0 Å². The van der Waals surface area contributed by atoms with E-state index >= 15 is 0 Å². The first kappa shape index (κ1) is 31.8. The van der Waals surface area contributed by atoms with Gasteiger partial charge in [0.25, 0.3) is 0 Å². The van der Waals surface area contributed by atoms with E-state index in [0.29, 0.717) is 0 Å². The number of likely N-dealkylation sites (N-methyl/N-ethyl adjacent to an activating group) is 1. The topological polar surface area (TPSA) is 146 Å². The van der Waals surface area contributed by atoms with Gasteiger partial charge in [0.2, 0.25) is 5.79 Å². The van der Waals surface area contributed by atoms with Crippen LogP contribution in [0.15, 0.2) is 35.3 Å². The van der Waals surface area contributed by atoms with Crippen molar-refractivity contribution in [2.75, 3.05) is 51.8 Å². The van der Waals surface area contributed by atoms with E-state index in [4.69, 9.17) is 38.0 Å². The molecule has 4 fully saturated rings. The maximum absolute atomic E-state index is 11.1. The molecular weight excluding hydrogens is 610 g/mol. The number of hydrogen-bond donors (Lipinski definition) is 2. The Morgan fingerprint density at radius 3 is 2.55 bits per heavy atom. The van der Waals surface area contributed by atoms with Gasteiger partial charge < -0.3 is 38.8 Å². The molecule has 4 saturated heterocycles. The fraction of sp³-hybridized carbons (Fsp3) is 0.621. The third kappa shape index (κ3) is 6.67. The number of anilines is 2. The minimum absolute atomic E-state index is 0.165. The first-order chi connectivity index (χ1) is 20.6. The molecule has 3 N–H and O–H groups in total. The molecule has 15 heteroatoms. The number of nitrogens with zero attached hydrogens (tertiary/aromatic N) is 3. The van der Waals surface area contributed by atoms with Gasteiger partial charge in [-0.05, 0) is 59.9 Å². The molecule has 2 aromatic rings. The molecular formula is C29H41N5O8S2. The highest BCUT2D eigenvalue weighted by Gasteiger charge is 2.65. The van der Waals surface area contributed by atoms with Gasteiger partial charge in [-0.2, -0.15) is 8.42 Å². The lowest BCUT2D eigenvalue weighted by Gasteiger charge is -2.40. The quantitative estimate of drug-likeness (QED) is 0.505. The molecule has 0 aliphatic carbocycles. The van der Waals surface area contributed by atoms with Crippen LogP contribution in [-0.4, -0.2) is 106 Å². The lowest BCUT2D eigenvalue weighted by atomic mass is 9.98. The molecule has 0 radical (unpaired) electrons. The molecule has 0 spiro atoms. The molecule has 7 rings (SSSR count). The lowest BCUT2D eigenvalue weighted by molar-refractivity contribution is -0.290. The number of aliphatic imine (C=N–C) groups is 1. The molecule has 0 bridgehead atoms. The number of amidine groups is 1. The van der Waals surface area contributed by atoms with E-state index in [2.05, 4.69) is 59.4 Å². The molecule has 0 saturated carbocycles. The van der Waals surface area contributed by atoms with Crippen LogP contribution in [0.2, 0.25) is 0 Å². The average Bonchev–Trinajstić information content (AvgIpc) is 3.52. The number of nitrogens with one attached hydrogen (secondary N) is 1. The van der Waals surface area contributed by atoms with E-state index in [1.165, 1.54) is 15.4 Å². The van der Waals surface area contributed by atoms with Crippen molar-refractivity contribution in [2.45, 2.75) is 70.3 Å². The van der Waals surface area contributed by atoms with Crippen molar-refractivity contribution in [2.24, 2.45) is 10.1 Å². The van der Waals surface area contributed by atoms with Gasteiger partial charge in [-0.3, -0.25) is 4.18 Å². The van der Waals surface area contributed by atoms with Crippen LogP contribution in [0.3, 0.4) is 0 Å². The van der Waals surface area contributed by atoms with Crippen molar-refractivity contribution in [3.05, 3.63) is 40.8 Å². The van der Waals surface area contributed by atoms with Crippen LogP contribution < -0.4 is 10.5 Å². The zero-order valence-corrected chi connectivity index (χ0v) is 27.5. The number of fused-ring (bicyclic) bond motifs is 5. The third-order valence-corrected chi connectivity index (χ3v) is 9.39. The van der Waals surface area contributed by atoms with Gasteiger partial charge in [0.1, 0.15) is 35.8 Å². The molecule has 13 nitrogen and oxygen atoms in total. The predicted molar refractivity (Wildman–Crippen MR) is 166 cm³/mol. The molecule has 0 unspecified atom stereocenters. The number of hydrogen-bond acceptors (Lipinski definition) is 13. The van der Waals surface area contributed by atoms with Crippen LogP contribution in [0, 0.1) is 6.92 Å². The van der Waals surface area contributed by atoms with Crippen LogP contribution in [0.5, 0.6) is 0 Å². The Balaban J connectivity index is 0.000000156. The van der Waals surface area contributed by atoms with Crippen molar-refractivity contribution in [1.29, 1.82) is 0 Å². The van der Waals surface area contributed by atoms with Gasteiger partial charge in [0, 0.05) is 31.1 Å². The van der Waals surface area contributed by atoms with Gasteiger partial charge in [-0.15, -0.1) is 11.3 Å². The summed E-state index contributed by atoms with van der Waals surface area (Å²) in [5.74, 6) is -2.07. The highest BCUT2D eigenvalue weighted by Crippen LogP contribution is 2.47. The smallest absolute Gasteiger partial charge is 0.333 e. The summed E-state index contributed by atoms with van der Waals surface area (Å²) in [7, 11) is -1.95. The van der Waals surface area contributed by atoms with Crippen LogP contribution in [-0.2, 0) is 38.2 Å². The fourth-order valence-electron chi connectivity index (χ4n) is 6.12. The summed E-state index contributed by atoms with van der Waals surface area (Å²) in [6.45, 7) is 13.1. The summed E-state index contributed by atoms with van der Waals surface area (Å²) < 4.78 is 55.9.